The Morgan fingerprint density at radius 3 is 2.35 bits per heavy atom. The van der Waals surface area contributed by atoms with Crippen molar-refractivity contribution >= 4 is 11.6 Å². The third-order valence-electron chi connectivity index (χ3n) is 4.08. The molecule has 1 atom stereocenters. The van der Waals surface area contributed by atoms with Crippen LogP contribution in [0.2, 0.25) is 0 Å². The Kier molecular flexibility index (Phi) is 4.52. The highest BCUT2D eigenvalue weighted by molar-refractivity contribution is 6.01. The van der Waals surface area contributed by atoms with E-state index in [0.717, 1.165) is 44.9 Å². The van der Waals surface area contributed by atoms with E-state index in [1.807, 2.05) is 6.08 Å². The van der Waals surface area contributed by atoms with E-state index in [4.69, 9.17) is 0 Å². The van der Waals surface area contributed by atoms with Gasteiger partial charge >= 0.3 is 0 Å². The zero-order valence-electron chi connectivity index (χ0n) is 10.5. The van der Waals surface area contributed by atoms with E-state index in [1.165, 1.54) is 6.42 Å². The fourth-order valence-corrected chi connectivity index (χ4v) is 2.95. The summed E-state index contributed by atoms with van der Waals surface area (Å²) in [4.78, 5) is 24.0. The third kappa shape index (κ3) is 3.52. The van der Waals surface area contributed by atoms with Gasteiger partial charge in [-0.15, -0.1) is 0 Å². The smallest absolute Gasteiger partial charge is 0.147 e. The van der Waals surface area contributed by atoms with Gasteiger partial charge in [0.2, 0.25) is 0 Å². The van der Waals surface area contributed by atoms with Crippen LogP contribution in [0.1, 0.15) is 57.8 Å². The summed E-state index contributed by atoms with van der Waals surface area (Å²) in [5.74, 6) is 0.557. The molecule has 94 valence electrons. The molecule has 0 radical (unpaired) electrons. The summed E-state index contributed by atoms with van der Waals surface area (Å²) in [6.45, 7) is 0. The lowest BCUT2D eigenvalue weighted by Gasteiger charge is -2.21. The van der Waals surface area contributed by atoms with Crippen LogP contribution in [-0.2, 0) is 9.59 Å². The topological polar surface area (TPSA) is 34.1 Å². The molecule has 1 unspecified atom stereocenters. The van der Waals surface area contributed by atoms with Gasteiger partial charge in [0.15, 0.2) is 0 Å². The Hall–Kier alpha value is -0.920. The first-order valence-corrected chi connectivity index (χ1v) is 6.99. The maximum atomic E-state index is 12.0. The van der Waals surface area contributed by atoms with Gasteiger partial charge in [-0.2, -0.15) is 0 Å². The van der Waals surface area contributed by atoms with Crippen molar-refractivity contribution in [3.63, 3.8) is 0 Å². The molecule has 0 aromatic heterocycles. The second-order valence-electron chi connectivity index (χ2n) is 5.41. The highest BCUT2D eigenvalue weighted by atomic mass is 16.1. The Balaban J connectivity index is 1.82. The number of rotatable bonds is 4. The number of allylic oxidation sites excluding steroid dienone is 2. The van der Waals surface area contributed by atoms with E-state index in [-0.39, 0.29) is 29.8 Å². The molecule has 2 rings (SSSR count). The van der Waals surface area contributed by atoms with Crippen LogP contribution < -0.4 is 0 Å². The van der Waals surface area contributed by atoms with Crippen LogP contribution in [0.4, 0.5) is 0 Å². The summed E-state index contributed by atoms with van der Waals surface area (Å²) in [6, 6.07) is 0. The van der Waals surface area contributed by atoms with E-state index in [9.17, 15) is 9.59 Å². The van der Waals surface area contributed by atoms with E-state index in [0.29, 0.717) is 0 Å². The number of hydrogen-bond acceptors (Lipinski definition) is 2. The molecule has 1 saturated carbocycles. The number of ketones is 2. The molecule has 0 saturated heterocycles. The second-order valence-corrected chi connectivity index (χ2v) is 5.41. The number of hydrogen-bond donors (Lipinski definition) is 0. The molecule has 2 aliphatic rings. The van der Waals surface area contributed by atoms with Crippen LogP contribution in [0.3, 0.4) is 0 Å². The summed E-state index contributed by atoms with van der Waals surface area (Å²) in [5, 5.41) is 0. The maximum Gasteiger partial charge on any atom is 0.147 e. The average molecular weight is 234 g/mol. The van der Waals surface area contributed by atoms with Gasteiger partial charge in [0.05, 0.1) is 6.42 Å². The predicted octanol–water partition coefficient (Wildman–Crippen LogP) is 3.45. The summed E-state index contributed by atoms with van der Waals surface area (Å²) in [5.41, 5.74) is 0. The molecule has 0 bridgehead atoms. The molecule has 0 aliphatic heterocycles. The lowest BCUT2D eigenvalue weighted by atomic mass is 9.82. The van der Waals surface area contributed by atoms with Gasteiger partial charge < -0.3 is 0 Å². The molecule has 0 spiro atoms. The number of Topliss-reactive ketones (excluding diaryl/α,β-unsaturated/α-hetero) is 2. The Bertz CT molecular complexity index is 311. The minimum absolute atomic E-state index is 0.0243. The summed E-state index contributed by atoms with van der Waals surface area (Å²) in [6.07, 6.45) is 13.0. The fourth-order valence-electron chi connectivity index (χ4n) is 2.95. The fraction of sp³-hybridized carbons (Fsp3) is 0.733. The minimum Gasteiger partial charge on any atom is -0.299 e. The Morgan fingerprint density at radius 2 is 1.71 bits per heavy atom. The molecule has 2 aliphatic carbocycles. The van der Waals surface area contributed by atoms with Crippen molar-refractivity contribution in [3.05, 3.63) is 12.2 Å². The molecule has 1 fully saturated rings. The monoisotopic (exact) mass is 234 g/mol. The molecule has 0 heterocycles. The van der Waals surface area contributed by atoms with Crippen LogP contribution in [-0.4, -0.2) is 11.6 Å². The number of carbonyl (C=O) groups is 2. The summed E-state index contributed by atoms with van der Waals surface area (Å²) < 4.78 is 0. The van der Waals surface area contributed by atoms with Gasteiger partial charge in [0.1, 0.15) is 11.6 Å². The molecule has 17 heavy (non-hydrogen) atoms. The summed E-state index contributed by atoms with van der Waals surface area (Å²) in [7, 11) is 0. The van der Waals surface area contributed by atoms with Gasteiger partial charge in [-0.1, -0.05) is 31.4 Å². The maximum absolute atomic E-state index is 12.0. The van der Waals surface area contributed by atoms with Gasteiger partial charge in [-0.25, -0.2) is 0 Å². The molecule has 0 amide bonds. The van der Waals surface area contributed by atoms with Crippen molar-refractivity contribution in [2.45, 2.75) is 57.8 Å². The van der Waals surface area contributed by atoms with E-state index in [2.05, 4.69) is 6.08 Å². The van der Waals surface area contributed by atoms with Crippen LogP contribution >= 0.6 is 0 Å². The van der Waals surface area contributed by atoms with E-state index < -0.39 is 0 Å². The Labute approximate surface area is 103 Å². The largest absolute Gasteiger partial charge is 0.299 e. The number of carbonyl (C=O) groups excluding carboxylic acids is 2. The molecule has 2 nitrogen and oxygen atoms in total. The highest BCUT2D eigenvalue weighted by Crippen LogP contribution is 2.26. The molecule has 0 N–H and O–H groups in total. The van der Waals surface area contributed by atoms with Crippen LogP contribution in [0, 0.1) is 11.8 Å². The molecule has 2 heteroatoms. The molecular formula is C15H22O2. The van der Waals surface area contributed by atoms with Gasteiger partial charge in [-0.05, 0) is 32.1 Å². The van der Waals surface area contributed by atoms with Gasteiger partial charge in [0.25, 0.3) is 0 Å². The van der Waals surface area contributed by atoms with Crippen molar-refractivity contribution in [2.75, 3.05) is 0 Å². The SMILES string of the molecule is O=C(CC(=O)C1CCCCC1)C1C=CCCC1. The highest BCUT2D eigenvalue weighted by Gasteiger charge is 2.25. The lowest BCUT2D eigenvalue weighted by molar-refractivity contribution is -0.131. The normalized spacial score (nSPS) is 25.8. The van der Waals surface area contributed by atoms with Crippen molar-refractivity contribution < 1.29 is 9.59 Å². The zero-order valence-corrected chi connectivity index (χ0v) is 10.5. The van der Waals surface area contributed by atoms with Crippen molar-refractivity contribution in [2.24, 2.45) is 11.8 Å². The van der Waals surface area contributed by atoms with Crippen molar-refractivity contribution in [1.82, 2.24) is 0 Å². The van der Waals surface area contributed by atoms with Crippen molar-refractivity contribution in [3.8, 4) is 0 Å². The third-order valence-corrected chi connectivity index (χ3v) is 4.08. The molecular weight excluding hydrogens is 212 g/mol. The molecule has 0 aromatic rings. The first-order chi connectivity index (χ1) is 8.27. The van der Waals surface area contributed by atoms with E-state index in [1.54, 1.807) is 0 Å². The Morgan fingerprint density at radius 1 is 0.941 bits per heavy atom. The first kappa shape index (κ1) is 12.5. The average Bonchev–Trinajstić information content (AvgIpc) is 2.40. The quantitative estimate of drug-likeness (QED) is 0.551. The second kappa shape index (κ2) is 6.13. The standard InChI is InChI=1S/C15H22O2/c16-14(12-7-3-1-4-8-12)11-15(17)13-9-5-2-6-10-13/h3,7,12-13H,1-2,4-6,8-11H2. The van der Waals surface area contributed by atoms with Gasteiger partial charge in [0, 0.05) is 11.8 Å². The zero-order chi connectivity index (χ0) is 12.1. The van der Waals surface area contributed by atoms with Crippen LogP contribution in [0.5, 0.6) is 0 Å². The van der Waals surface area contributed by atoms with Crippen molar-refractivity contribution in [1.29, 1.82) is 0 Å². The van der Waals surface area contributed by atoms with Crippen LogP contribution in [0.15, 0.2) is 12.2 Å². The summed E-state index contributed by atoms with van der Waals surface area (Å²) >= 11 is 0. The van der Waals surface area contributed by atoms with Crippen LogP contribution in [0.25, 0.3) is 0 Å². The van der Waals surface area contributed by atoms with Gasteiger partial charge in [-0.3, -0.25) is 9.59 Å². The lowest BCUT2D eigenvalue weighted by Crippen LogP contribution is -2.24. The predicted molar refractivity (Wildman–Crippen MR) is 67.7 cm³/mol. The molecule has 0 aromatic carbocycles. The first-order valence-electron chi connectivity index (χ1n) is 6.99. The van der Waals surface area contributed by atoms with E-state index >= 15 is 0 Å². The minimum atomic E-state index is 0.0243.